The number of nitrogens with zero attached hydrogens (tertiary/aromatic N) is 2. The highest BCUT2D eigenvalue weighted by atomic mass is 32.2. The number of aryl methyl sites for hydroxylation is 1. The summed E-state index contributed by atoms with van der Waals surface area (Å²) in [5, 5.41) is 10.0. The molecule has 21 heavy (non-hydrogen) atoms. The number of aromatic amines is 1. The van der Waals surface area contributed by atoms with Gasteiger partial charge in [-0.15, -0.1) is 0 Å². The highest BCUT2D eigenvalue weighted by molar-refractivity contribution is 7.92. The summed E-state index contributed by atoms with van der Waals surface area (Å²) in [6, 6.07) is 3.82. The van der Waals surface area contributed by atoms with Crippen molar-refractivity contribution >= 4 is 15.7 Å². The first-order valence-corrected chi connectivity index (χ1v) is 8.24. The van der Waals surface area contributed by atoms with Gasteiger partial charge in [-0.3, -0.25) is 14.8 Å². The van der Waals surface area contributed by atoms with Crippen molar-refractivity contribution in [2.45, 2.75) is 37.4 Å². The fourth-order valence-electron chi connectivity index (χ4n) is 2.02. The number of hydrogen-bond acceptors (Lipinski definition) is 5. The zero-order valence-electron chi connectivity index (χ0n) is 11.6. The molecule has 0 radical (unpaired) electrons. The average Bonchev–Trinajstić information content (AvgIpc) is 3.20. The van der Waals surface area contributed by atoms with E-state index in [-0.39, 0.29) is 5.03 Å². The van der Waals surface area contributed by atoms with Crippen LogP contribution in [0.3, 0.4) is 0 Å². The summed E-state index contributed by atoms with van der Waals surface area (Å²) < 4.78 is 27.4. The lowest BCUT2D eigenvalue weighted by Crippen LogP contribution is -2.20. The summed E-state index contributed by atoms with van der Waals surface area (Å²) in [5.41, 5.74) is 1.85. The molecule has 0 atom stereocenters. The minimum absolute atomic E-state index is 0.0389. The van der Waals surface area contributed by atoms with Crippen LogP contribution in [-0.4, -0.2) is 29.6 Å². The summed E-state index contributed by atoms with van der Waals surface area (Å²) in [4.78, 5) is 3.89. The van der Waals surface area contributed by atoms with Crippen molar-refractivity contribution in [1.29, 1.82) is 0 Å². The van der Waals surface area contributed by atoms with E-state index in [0.29, 0.717) is 23.8 Å². The third kappa shape index (κ3) is 3.22. The first-order valence-electron chi connectivity index (χ1n) is 6.76. The van der Waals surface area contributed by atoms with Gasteiger partial charge in [-0.25, -0.2) is 0 Å². The van der Waals surface area contributed by atoms with Crippen LogP contribution in [0.2, 0.25) is 0 Å². The Hall–Kier alpha value is -1.93. The van der Waals surface area contributed by atoms with Crippen molar-refractivity contribution in [1.82, 2.24) is 20.5 Å². The normalized spacial score (nSPS) is 15.1. The van der Waals surface area contributed by atoms with Gasteiger partial charge in [0.15, 0.2) is 0 Å². The van der Waals surface area contributed by atoms with E-state index in [1.807, 2.05) is 6.92 Å². The zero-order chi connectivity index (χ0) is 14.9. The molecule has 1 aliphatic carbocycles. The van der Waals surface area contributed by atoms with Crippen molar-refractivity contribution in [3.8, 4) is 0 Å². The van der Waals surface area contributed by atoms with Gasteiger partial charge in [0, 0.05) is 30.0 Å². The Morgan fingerprint density at radius 2 is 2.24 bits per heavy atom. The Labute approximate surface area is 123 Å². The van der Waals surface area contributed by atoms with Gasteiger partial charge >= 0.3 is 0 Å². The maximum atomic E-state index is 12.4. The number of aromatic nitrogens is 3. The van der Waals surface area contributed by atoms with Gasteiger partial charge in [0.1, 0.15) is 0 Å². The standard InChI is InChI=1S/C13H17N5O2S/c1-9-12(8-15-10-4-5-10)13(17-16-9)21(19,20)18-11-3-2-6-14-7-11/h2-3,6-7,10,15,18H,4-5,8H2,1H3,(H,16,17). The second-order valence-corrected chi connectivity index (χ2v) is 6.73. The van der Waals surface area contributed by atoms with Crippen molar-refractivity contribution < 1.29 is 8.42 Å². The minimum atomic E-state index is -3.72. The van der Waals surface area contributed by atoms with Gasteiger partial charge in [-0.1, -0.05) is 0 Å². The lowest BCUT2D eigenvalue weighted by atomic mass is 10.2. The molecule has 8 heteroatoms. The molecule has 1 saturated carbocycles. The molecule has 2 aromatic rings. The molecule has 1 aliphatic rings. The van der Waals surface area contributed by atoms with Gasteiger partial charge in [0.05, 0.1) is 11.9 Å². The summed E-state index contributed by atoms with van der Waals surface area (Å²) in [5.74, 6) is 0. The largest absolute Gasteiger partial charge is 0.310 e. The zero-order valence-corrected chi connectivity index (χ0v) is 12.4. The molecule has 0 aliphatic heterocycles. The number of pyridine rings is 1. The molecular weight excluding hydrogens is 290 g/mol. The molecule has 3 rings (SSSR count). The smallest absolute Gasteiger partial charge is 0.281 e. The van der Waals surface area contributed by atoms with E-state index < -0.39 is 10.0 Å². The first-order chi connectivity index (χ1) is 10.1. The topological polar surface area (TPSA) is 99.8 Å². The van der Waals surface area contributed by atoms with Crippen molar-refractivity contribution in [3.63, 3.8) is 0 Å². The highest BCUT2D eigenvalue weighted by Gasteiger charge is 2.26. The molecule has 3 N–H and O–H groups in total. The van der Waals surface area contributed by atoms with E-state index in [1.165, 1.54) is 6.20 Å². The van der Waals surface area contributed by atoms with Crippen molar-refractivity contribution in [2.75, 3.05) is 4.72 Å². The first kappa shape index (κ1) is 14.0. The number of nitrogens with one attached hydrogen (secondary N) is 3. The van der Waals surface area contributed by atoms with Crippen LogP contribution >= 0.6 is 0 Å². The van der Waals surface area contributed by atoms with Gasteiger partial charge in [-0.05, 0) is 31.9 Å². The second-order valence-electron chi connectivity index (χ2n) is 5.13. The van der Waals surface area contributed by atoms with Crippen LogP contribution in [0.15, 0.2) is 29.6 Å². The molecule has 2 heterocycles. The fraction of sp³-hybridized carbons (Fsp3) is 0.385. The number of hydrogen-bond donors (Lipinski definition) is 3. The van der Waals surface area contributed by atoms with Gasteiger partial charge in [-0.2, -0.15) is 13.5 Å². The Balaban J connectivity index is 1.84. The van der Waals surface area contributed by atoms with E-state index in [9.17, 15) is 8.42 Å². The molecule has 7 nitrogen and oxygen atoms in total. The highest BCUT2D eigenvalue weighted by Crippen LogP contribution is 2.23. The molecular formula is C13H17N5O2S. The monoisotopic (exact) mass is 307 g/mol. The molecule has 0 spiro atoms. The van der Waals surface area contributed by atoms with Gasteiger partial charge < -0.3 is 5.32 Å². The van der Waals surface area contributed by atoms with E-state index in [0.717, 1.165) is 18.5 Å². The fourth-order valence-corrected chi connectivity index (χ4v) is 3.26. The molecule has 0 amide bonds. The maximum absolute atomic E-state index is 12.4. The average molecular weight is 307 g/mol. The predicted octanol–water partition coefficient (Wildman–Crippen LogP) is 1.17. The van der Waals surface area contributed by atoms with Crippen LogP contribution < -0.4 is 10.0 Å². The summed E-state index contributed by atoms with van der Waals surface area (Å²) in [7, 11) is -3.72. The Morgan fingerprint density at radius 3 is 2.90 bits per heavy atom. The van der Waals surface area contributed by atoms with Crippen molar-refractivity contribution in [2.24, 2.45) is 0 Å². The van der Waals surface area contributed by atoms with E-state index >= 15 is 0 Å². The third-order valence-corrected chi connectivity index (χ3v) is 4.70. The van der Waals surface area contributed by atoms with Crippen LogP contribution in [0.25, 0.3) is 0 Å². The lowest BCUT2D eigenvalue weighted by molar-refractivity contribution is 0.593. The predicted molar refractivity (Wildman–Crippen MR) is 78.2 cm³/mol. The second kappa shape index (κ2) is 5.45. The number of H-pyrrole nitrogens is 1. The number of sulfonamides is 1. The molecule has 2 aromatic heterocycles. The van der Waals surface area contributed by atoms with E-state index in [1.54, 1.807) is 18.3 Å². The van der Waals surface area contributed by atoms with Crippen LogP contribution in [0.4, 0.5) is 5.69 Å². The molecule has 1 fully saturated rings. The van der Waals surface area contributed by atoms with Crippen LogP contribution in [-0.2, 0) is 16.6 Å². The van der Waals surface area contributed by atoms with Gasteiger partial charge in [0.2, 0.25) is 5.03 Å². The molecule has 0 bridgehead atoms. The lowest BCUT2D eigenvalue weighted by Gasteiger charge is -2.08. The summed E-state index contributed by atoms with van der Waals surface area (Å²) >= 11 is 0. The number of rotatable bonds is 6. The summed E-state index contributed by atoms with van der Waals surface area (Å²) in [6.45, 7) is 2.32. The Morgan fingerprint density at radius 1 is 1.43 bits per heavy atom. The minimum Gasteiger partial charge on any atom is -0.310 e. The maximum Gasteiger partial charge on any atom is 0.281 e. The van der Waals surface area contributed by atoms with Crippen molar-refractivity contribution in [3.05, 3.63) is 35.8 Å². The van der Waals surface area contributed by atoms with Crippen LogP contribution in [0.5, 0.6) is 0 Å². The van der Waals surface area contributed by atoms with Crippen LogP contribution in [0, 0.1) is 6.92 Å². The Bertz CT molecular complexity index is 722. The number of anilines is 1. The molecule has 0 aromatic carbocycles. The van der Waals surface area contributed by atoms with E-state index in [2.05, 4.69) is 25.2 Å². The quantitative estimate of drug-likeness (QED) is 0.744. The molecule has 0 unspecified atom stereocenters. The van der Waals surface area contributed by atoms with Crippen LogP contribution in [0.1, 0.15) is 24.1 Å². The molecule has 112 valence electrons. The third-order valence-electron chi connectivity index (χ3n) is 3.35. The van der Waals surface area contributed by atoms with E-state index in [4.69, 9.17) is 0 Å². The Kier molecular flexibility index (Phi) is 3.64. The summed E-state index contributed by atoms with van der Waals surface area (Å²) in [6.07, 6.45) is 5.33. The SMILES string of the molecule is Cc1[nH]nc(S(=O)(=O)Nc2cccnc2)c1CNC1CC1. The molecule has 0 saturated heterocycles. The van der Waals surface area contributed by atoms with Gasteiger partial charge in [0.25, 0.3) is 10.0 Å².